The standard InChI is InChI=1S/C8H11BrN2/c1-2-11-7(6-3-4-6)5-10-8(11)9/h5-6H,2-4H2,1H3. The van der Waals surface area contributed by atoms with Gasteiger partial charge in [0.2, 0.25) is 0 Å². The molecule has 1 aliphatic carbocycles. The van der Waals surface area contributed by atoms with Gasteiger partial charge in [-0.2, -0.15) is 0 Å². The minimum absolute atomic E-state index is 0.800. The summed E-state index contributed by atoms with van der Waals surface area (Å²) in [5.41, 5.74) is 1.40. The summed E-state index contributed by atoms with van der Waals surface area (Å²) in [5, 5.41) is 0. The highest BCUT2D eigenvalue weighted by molar-refractivity contribution is 9.10. The Kier molecular flexibility index (Phi) is 1.75. The average Bonchev–Trinajstić information content (AvgIpc) is 2.76. The van der Waals surface area contributed by atoms with Crippen molar-refractivity contribution in [1.82, 2.24) is 9.55 Å². The van der Waals surface area contributed by atoms with E-state index in [1.165, 1.54) is 18.5 Å². The van der Waals surface area contributed by atoms with E-state index in [1.807, 2.05) is 6.20 Å². The molecule has 0 amide bonds. The first-order valence-corrected chi connectivity index (χ1v) is 4.83. The molecule has 11 heavy (non-hydrogen) atoms. The predicted octanol–water partition coefficient (Wildman–Crippen LogP) is 2.54. The van der Waals surface area contributed by atoms with E-state index < -0.39 is 0 Å². The Morgan fingerprint density at radius 1 is 1.73 bits per heavy atom. The topological polar surface area (TPSA) is 17.8 Å². The van der Waals surface area contributed by atoms with Crippen molar-refractivity contribution in [2.24, 2.45) is 0 Å². The maximum atomic E-state index is 4.23. The maximum Gasteiger partial charge on any atom is 0.177 e. The molecule has 1 aliphatic rings. The van der Waals surface area contributed by atoms with Crippen molar-refractivity contribution in [2.75, 3.05) is 0 Å². The van der Waals surface area contributed by atoms with Gasteiger partial charge in [0, 0.05) is 24.4 Å². The SMILES string of the molecule is CCn1c(C2CC2)cnc1Br. The highest BCUT2D eigenvalue weighted by atomic mass is 79.9. The fraction of sp³-hybridized carbons (Fsp3) is 0.625. The molecular formula is C8H11BrN2. The van der Waals surface area contributed by atoms with Gasteiger partial charge in [-0.3, -0.25) is 0 Å². The fourth-order valence-electron chi connectivity index (χ4n) is 1.38. The molecule has 2 nitrogen and oxygen atoms in total. The van der Waals surface area contributed by atoms with E-state index in [0.29, 0.717) is 0 Å². The zero-order valence-electron chi connectivity index (χ0n) is 6.55. The van der Waals surface area contributed by atoms with Crippen molar-refractivity contribution in [3.8, 4) is 0 Å². The first-order valence-electron chi connectivity index (χ1n) is 4.04. The Hall–Kier alpha value is -0.310. The lowest BCUT2D eigenvalue weighted by Crippen LogP contribution is -1.98. The molecule has 0 bridgehead atoms. The minimum Gasteiger partial charge on any atom is -0.323 e. The molecule has 0 N–H and O–H groups in total. The molecule has 1 aromatic rings. The molecule has 0 radical (unpaired) electrons. The fourth-order valence-corrected chi connectivity index (χ4v) is 1.94. The Balaban J connectivity index is 2.36. The van der Waals surface area contributed by atoms with Crippen LogP contribution in [0.1, 0.15) is 31.4 Å². The highest BCUT2D eigenvalue weighted by Gasteiger charge is 2.27. The van der Waals surface area contributed by atoms with Crippen molar-refractivity contribution in [2.45, 2.75) is 32.2 Å². The highest BCUT2D eigenvalue weighted by Crippen LogP contribution is 2.40. The summed E-state index contributed by atoms with van der Waals surface area (Å²) in [7, 11) is 0. The zero-order valence-corrected chi connectivity index (χ0v) is 8.13. The Labute approximate surface area is 74.8 Å². The summed E-state index contributed by atoms with van der Waals surface area (Å²) in [6.07, 6.45) is 4.68. The molecule has 1 saturated carbocycles. The van der Waals surface area contributed by atoms with Gasteiger partial charge >= 0.3 is 0 Å². The molecule has 2 rings (SSSR count). The van der Waals surface area contributed by atoms with Gasteiger partial charge in [-0.25, -0.2) is 4.98 Å². The van der Waals surface area contributed by atoms with Crippen LogP contribution in [0.5, 0.6) is 0 Å². The van der Waals surface area contributed by atoms with Crippen LogP contribution >= 0.6 is 15.9 Å². The normalized spacial score (nSPS) is 17.3. The second-order valence-corrected chi connectivity index (χ2v) is 3.68. The van der Waals surface area contributed by atoms with E-state index in [1.54, 1.807) is 0 Å². The van der Waals surface area contributed by atoms with Crippen LogP contribution in [0.15, 0.2) is 10.9 Å². The van der Waals surface area contributed by atoms with E-state index >= 15 is 0 Å². The van der Waals surface area contributed by atoms with Crippen LogP contribution in [0.3, 0.4) is 0 Å². The van der Waals surface area contributed by atoms with Crippen LogP contribution in [0.2, 0.25) is 0 Å². The van der Waals surface area contributed by atoms with Gasteiger partial charge < -0.3 is 4.57 Å². The van der Waals surface area contributed by atoms with Crippen LogP contribution in [0, 0.1) is 0 Å². The minimum atomic E-state index is 0.800. The Morgan fingerprint density at radius 3 is 3.00 bits per heavy atom. The summed E-state index contributed by atoms with van der Waals surface area (Å²) < 4.78 is 3.21. The molecule has 1 heterocycles. The van der Waals surface area contributed by atoms with E-state index in [9.17, 15) is 0 Å². The van der Waals surface area contributed by atoms with Crippen molar-refractivity contribution < 1.29 is 0 Å². The van der Waals surface area contributed by atoms with Crippen LogP contribution in [0.25, 0.3) is 0 Å². The first-order chi connectivity index (χ1) is 5.33. The molecule has 0 spiro atoms. The largest absolute Gasteiger partial charge is 0.323 e. The molecule has 0 aliphatic heterocycles. The van der Waals surface area contributed by atoms with Crippen molar-refractivity contribution in [3.05, 3.63) is 16.6 Å². The molecule has 1 fully saturated rings. The molecule has 1 aromatic heterocycles. The smallest absolute Gasteiger partial charge is 0.177 e. The van der Waals surface area contributed by atoms with Crippen molar-refractivity contribution in [1.29, 1.82) is 0 Å². The molecular weight excluding hydrogens is 204 g/mol. The van der Waals surface area contributed by atoms with E-state index in [4.69, 9.17) is 0 Å². The lowest BCUT2D eigenvalue weighted by molar-refractivity contribution is 0.696. The van der Waals surface area contributed by atoms with Gasteiger partial charge in [0.05, 0.1) is 0 Å². The molecule has 0 atom stereocenters. The van der Waals surface area contributed by atoms with Crippen molar-refractivity contribution in [3.63, 3.8) is 0 Å². The summed E-state index contributed by atoms with van der Waals surface area (Å²) in [5.74, 6) is 0.800. The Bertz CT molecular complexity index is 263. The second-order valence-electron chi connectivity index (χ2n) is 2.97. The van der Waals surface area contributed by atoms with Gasteiger partial charge in [-0.15, -0.1) is 0 Å². The van der Waals surface area contributed by atoms with Crippen LogP contribution < -0.4 is 0 Å². The average molecular weight is 215 g/mol. The number of hydrogen-bond acceptors (Lipinski definition) is 1. The number of aromatic nitrogens is 2. The lowest BCUT2D eigenvalue weighted by atomic mass is 10.3. The van der Waals surface area contributed by atoms with Crippen LogP contribution in [-0.2, 0) is 6.54 Å². The third kappa shape index (κ3) is 1.22. The van der Waals surface area contributed by atoms with E-state index in [-0.39, 0.29) is 0 Å². The van der Waals surface area contributed by atoms with Gasteiger partial charge in [-0.1, -0.05) is 0 Å². The van der Waals surface area contributed by atoms with E-state index in [2.05, 4.69) is 32.4 Å². The number of imidazole rings is 1. The number of hydrogen-bond donors (Lipinski definition) is 0. The zero-order chi connectivity index (χ0) is 7.84. The Morgan fingerprint density at radius 2 is 2.45 bits per heavy atom. The molecule has 0 saturated heterocycles. The first kappa shape index (κ1) is 7.35. The van der Waals surface area contributed by atoms with Gasteiger partial charge in [-0.05, 0) is 35.7 Å². The third-order valence-electron chi connectivity index (χ3n) is 2.15. The third-order valence-corrected chi connectivity index (χ3v) is 2.78. The molecule has 0 unspecified atom stereocenters. The van der Waals surface area contributed by atoms with Crippen LogP contribution in [-0.4, -0.2) is 9.55 Å². The summed E-state index contributed by atoms with van der Waals surface area (Å²) >= 11 is 3.43. The molecule has 0 aromatic carbocycles. The summed E-state index contributed by atoms with van der Waals surface area (Å²) in [6, 6.07) is 0. The summed E-state index contributed by atoms with van der Waals surface area (Å²) in [6.45, 7) is 3.17. The number of rotatable bonds is 2. The number of halogens is 1. The van der Waals surface area contributed by atoms with E-state index in [0.717, 1.165) is 17.2 Å². The van der Waals surface area contributed by atoms with Gasteiger partial charge in [0.15, 0.2) is 4.73 Å². The maximum absolute atomic E-state index is 4.23. The van der Waals surface area contributed by atoms with Crippen LogP contribution in [0.4, 0.5) is 0 Å². The monoisotopic (exact) mass is 214 g/mol. The summed E-state index contributed by atoms with van der Waals surface area (Å²) in [4.78, 5) is 4.23. The van der Waals surface area contributed by atoms with Gasteiger partial charge in [0.1, 0.15) is 0 Å². The quantitative estimate of drug-likeness (QED) is 0.741. The van der Waals surface area contributed by atoms with Gasteiger partial charge in [0.25, 0.3) is 0 Å². The molecule has 3 heteroatoms. The lowest BCUT2D eigenvalue weighted by Gasteiger charge is -2.03. The van der Waals surface area contributed by atoms with Crippen molar-refractivity contribution >= 4 is 15.9 Å². The number of nitrogens with zero attached hydrogens (tertiary/aromatic N) is 2. The molecule has 60 valence electrons. The predicted molar refractivity (Wildman–Crippen MR) is 47.6 cm³/mol. The second kappa shape index (κ2) is 2.63.